The van der Waals surface area contributed by atoms with Crippen molar-refractivity contribution < 1.29 is 31.6 Å². The minimum Gasteiger partial charge on any atom is -0.493 e. The predicted octanol–water partition coefficient (Wildman–Crippen LogP) is 4.79. The van der Waals surface area contributed by atoms with E-state index in [0.717, 1.165) is 0 Å². The van der Waals surface area contributed by atoms with Crippen LogP contribution in [-0.4, -0.2) is 40.9 Å². The van der Waals surface area contributed by atoms with Crippen molar-refractivity contribution in [3.8, 4) is 23.0 Å². The Morgan fingerprint density at radius 2 is 1.67 bits per heavy atom. The lowest BCUT2D eigenvalue weighted by Gasteiger charge is -2.14. The van der Waals surface area contributed by atoms with Crippen LogP contribution >= 0.6 is 15.9 Å². The van der Waals surface area contributed by atoms with E-state index in [1.807, 2.05) is 6.92 Å². The molecule has 0 saturated heterocycles. The van der Waals surface area contributed by atoms with E-state index in [9.17, 15) is 13.2 Å². The van der Waals surface area contributed by atoms with Crippen molar-refractivity contribution in [3.05, 3.63) is 76.3 Å². The van der Waals surface area contributed by atoms with Gasteiger partial charge in [-0.25, -0.2) is 5.43 Å². The van der Waals surface area contributed by atoms with Gasteiger partial charge in [0.05, 0.1) is 31.0 Å². The smallest absolute Gasteiger partial charge is 0.339 e. The van der Waals surface area contributed by atoms with E-state index >= 15 is 0 Å². The van der Waals surface area contributed by atoms with Crippen molar-refractivity contribution in [2.75, 3.05) is 20.3 Å². The van der Waals surface area contributed by atoms with Crippen molar-refractivity contribution in [2.24, 2.45) is 5.10 Å². The minimum atomic E-state index is -4.08. The summed E-state index contributed by atoms with van der Waals surface area (Å²) in [5.74, 6) is 0.703. The molecule has 0 fully saturated rings. The molecule has 0 bridgehead atoms. The summed E-state index contributed by atoms with van der Waals surface area (Å²) in [6.45, 7) is 4.35. The van der Waals surface area contributed by atoms with Gasteiger partial charge in [-0.3, -0.25) is 4.79 Å². The number of hydrogen-bond acceptors (Lipinski definition) is 8. The van der Waals surface area contributed by atoms with Crippen molar-refractivity contribution in [2.45, 2.75) is 18.7 Å². The highest BCUT2D eigenvalue weighted by Gasteiger charge is 2.22. The molecule has 3 aromatic carbocycles. The van der Waals surface area contributed by atoms with Gasteiger partial charge in [0.1, 0.15) is 4.90 Å². The van der Waals surface area contributed by atoms with Gasteiger partial charge in [0.25, 0.3) is 5.91 Å². The van der Waals surface area contributed by atoms with Gasteiger partial charge in [-0.1, -0.05) is 18.2 Å². The van der Waals surface area contributed by atoms with Crippen LogP contribution in [0.15, 0.2) is 75.1 Å². The van der Waals surface area contributed by atoms with Crippen LogP contribution in [0, 0.1) is 0 Å². The first-order chi connectivity index (χ1) is 17.3. The first-order valence-corrected chi connectivity index (χ1v) is 13.1. The van der Waals surface area contributed by atoms with E-state index in [-0.39, 0.29) is 23.0 Å². The summed E-state index contributed by atoms with van der Waals surface area (Å²) in [6, 6.07) is 15.7. The highest BCUT2D eigenvalue weighted by molar-refractivity contribution is 9.10. The van der Waals surface area contributed by atoms with Crippen molar-refractivity contribution in [1.29, 1.82) is 0 Å². The van der Waals surface area contributed by atoms with Gasteiger partial charge in [-0.15, -0.1) is 0 Å². The Hall–Kier alpha value is -3.57. The van der Waals surface area contributed by atoms with Gasteiger partial charge in [0.15, 0.2) is 23.0 Å². The van der Waals surface area contributed by atoms with E-state index in [2.05, 4.69) is 26.5 Å². The SMILES string of the molecule is CCOc1ccc(C(=O)N/N=C/c2cc(Br)c(OS(=O)(=O)c3ccccc3)c(OCC)c2)cc1OC. The number of amides is 1. The topological polar surface area (TPSA) is 113 Å². The summed E-state index contributed by atoms with van der Waals surface area (Å²) in [6.07, 6.45) is 1.40. The molecular weight excluding hydrogens is 552 g/mol. The Morgan fingerprint density at radius 1 is 0.972 bits per heavy atom. The third kappa shape index (κ3) is 6.76. The highest BCUT2D eigenvalue weighted by atomic mass is 79.9. The zero-order valence-corrected chi connectivity index (χ0v) is 22.3. The molecule has 0 aliphatic heterocycles. The number of hydrazone groups is 1. The molecule has 1 N–H and O–H groups in total. The highest BCUT2D eigenvalue weighted by Crippen LogP contribution is 2.38. The van der Waals surface area contributed by atoms with Crippen LogP contribution in [0.2, 0.25) is 0 Å². The number of carbonyl (C=O) groups is 1. The van der Waals surface area contributed by atoms with E-state index in [1.165, 1.54) is 25.5 Å². The average Bonchev–Trinajstić information content (AvgIpc) is 2.87. The largest absolute Gasteiger partial charge is 0.493 e. The molecule has 36 heavy (non-hydrogen) atoms. The average molecular weight is 577 g/mol. The Morgan fingerprint density at radius 3 is 2.33 bits per heavy atom. The number of hydrogen-bond donors (Lipinski definition) is 1. The number of nitrogens with one attached hydrogen (secondary N) is 1. The lowest BCUT2D eigenvalue weighted by atomic mass is 10.2. The second kappa shape index (κ2) is 12.4. The van der Waals surface area contributed by atoms with E-state index in [4.69, 9.17) is 18.4 Å². The molecule has 3 aromatic rings. The van der Waals surface area contributed by atoms with Crippen LogP contribution in [0.25, 0.3) is 0 Å². The molecule has 1 amide bonds. The van der Waals surface area contributed by atoms with Crippen molar-refractivity contribution in [3.63, 3.8) is 0 Å². The maximum absolute atomic E-state index is 12.7. The van der Waals surface area contributed by atoms with E-state index < -0.39 is 16.0 Å². The van der Waals surface area contributed by atoms with Crippen LogP contribution in [0.1, 0.15) is 29.8 Å². The molecule has 3 rings (SSSR count). The Bertz CT molecular complexity index is 1350. The van der Waals surface area contributed by atoms with Crippen LogP contribution in [0.4, 0.5) is 0 Å². The molecule has 9 nitrogen and oxygen atoms in total. The van der Waals surface area contributed by atoms with Crippen LogP contribution in [-0.2, 0) is 10.1 Å². The van der Waals surface area contributed by atoms with E-state index in [0.29, 0.717) is 33.7 Å². The standard InChI is InChI=1S/C25H25BrN2O7S/c1-4-33-21-12-11-18(15-22(21)32-3)25(29)28-27-16-17-13-20(26)24(23(14-17)34-5-2)35-36(30,31)19-9-7-6-8-10-19/h6-16H,4-5H2,1-3H3,(H,28,29)/b27-16+. The molecule has 0 saturated carbocycles. The number of methoxy groups -OCH3 is 1. The summed E-state index contributed by atoms with van der Waals surface area (Å²) in [5.41, 5.74) is 3.31. The summed E-state index contributed by atoms with van der Waals surface area (Å²) in [5, 5.41) is 3.99. The summed E-state index contributed by atoms with van der Waals surface area (Å²) < 4.78 is 47.4. The quantitative estimate of drug-likeness (QED) is 0.198. The monoisotopic (exact) mass is 576 g/mol. The van der Waals surface area contributed by atoms with Crippen molar-refractivity contribution in [1.82, 2.24) is 5.43 Å². The first-order valence-electron chi connectivity index (χ1n) is 10.9. The molecule has 0 aromatic heterocycles. The third-order valence-electron chi connectivity index (χ3n) is 4.66. The minimum absolute atomic E-state index is 0.00312. The van der Waals surface area contributed by atoms with Gasteiger partial charge in [0.2, 0.25) is 0 Å². The Kier molecular flexibility index (Phi) is 9.31. The molecule has 11 heteroatoms. The van der Waals surface area contributed by atoms with Gasteiger partial charge in [0, 0.05) is 5.56 Å². The molecule has 0 heterocycles. The van der Waals surface area contributed by atoms with Gasteiger partial charge in [-0.2, -0.15) is 13.5 Å². The second-order valence-corrected chi connectivity index (χ2v) is 9.51. The molecule has 0 unspecified atom stereocenters. The van der Waals surface area contributed by atoms with Gasteiger partial charge < -0.3 is 18.4 Å². The van der Waals surface area contributed by atoms with Crippen LogP contribution in [0.5, 0.6) is 23.0 Å². The van der Waals surface area contributed by atoms with Gasteiger partial charge in [-0.05, 0) is 77.8 Å². The maximum Gasteiger partial charge on any atom is 0.339 e. The fourth-order valence-corrected chi connectivity index (χ4v) is 4.69. The zero-order chi connectivity index (χ0) is 26.1. The zero-order valence-electron chi connectivity index (χ0n) is 19.9. The summed E-state index contributed by atoms with van der Waals surface area (Å²) in [4.78, 5) is 12.5. The van der Waals surface area contributed by atoms with Crippen molar-refractivity contribution >= 4 is 38.2 Å². The Balaban J connectivity index is 1.79. The summed E-state index contributed by atoms with van der Waals surface area (Å²) >= 11 is 3.34. The number of ether oxygens (including phenoxy) is 3. The van der Waals surface area contributed by atoms with Crippen LogP contribution in [0.3, 0.4) is 0 Å². The second-order valence-electron chi connectivity index (χ2n) is 7.11. The number of nitrogens with zero attached hydrogens (tertiary/aromatic N) is 1. The molecule has 190 valence electrons. The van der Waals surface area contributed by atoms with Gasteiger partial charge >= 0.3 is 10.1 Å². The summed E-state index contributed by atoms with van der Waals surface area (Å²) in [7, 11) is -2.59. The third-order valence-corrected chi connectivity index (χ3v) is 6.49. The number of benzene rings is 3. The molecule has 0 atom stereocenters. The Labute approximate surface area is 218 Å². The molecule has 0 spiro atoms. The molecular formula is C25H25BrN2O7S. The number of halogens is 1. The van der Waals surface area contributed by atoms with E-state index in [1.54, 1.807) is 55.5 Å². The molecule has 0 radical (unpaired) electrons. The fraction of sp³-hybridized carbons (Fsp3) is 0.200. The normalized spacial score (nSPS) is 11.2. The predicted molar refractivity (Wildman–Crippen MR) is 139 cm³/mol. The fourth-order valence-electron chi connectivity index (χ4n) is 3.06. The lowest BCUT2D eigenvalue weighted by molar-refractivity contribution is 0.0954. The number of carbonyl (C=O) groups excluding carboxylic acids is 1. The van der Waals surface area contributed by atoms with Crippen LogP contribution < -0.4 is 23.8 Å². The molecule has 0 aliphatic carbocycles. The first kappa shape index (κ1) is 27.0. The molecule has 0 aliphatic rings. The lowest BCUT2D eigenvalue weighted by Crippen LogP contribution is -2.17. The maximum atomic E-state index is 12.7. The number of rotatable bonds is 11.